The number of aromatic carboxylic acids is 1. The maximum Gasteiger partial charge on any atom is 0.336 e. The van der Waals surface area contributed by atoms with E-state index in [4.69, 9.17) is 0 Å². The first kappa shape index (κ1) is 19.0. The molecule has 0 aliphatic heterocycles. The maximum absolute atomic E-state index is 12.6. The van der Waals surface area contributed by atoms with E-state index in [1.807, 2.05) is 0 Å². The Morgan fingerprint density at radius 2 is 1.67 bits per heavy atom. The number of carbonyl (C=O) groups is 2. The van der Waals surface area contributed by atoms with Gasteiger partial charge < -0.3 is 5.11 Å². The van der Waals surface area contributed by atoms with Crippen molar-refractivity contribution in [3.8, 4) is 0 Å². The van der Waals surface area contributed by atoms with Crippen molar-refractivity contribution in [2.24, 2.45) is 0 Å². The van der Waals surface area contributed by atoms with Crippen molar-refractivity contribution in [1.29, 1.82) is 0 Å². The molecule has 3 rings (SSSR count). The second-order valence-electron chi connectivity index (χ2n) is 8.31. The first-order valence-electron chi connectivity index (χ1n) is 9.04. The summed E-state index contributed by atoms with van der Waals surface area (Å²) in [6, 6.07) is 6.56. The molecule has 0 saturated heterocycles. The Hall–Kier alpha value is -2.82. The monoisotopic (exact) mass is 364 g/mol. The van der Waals surface area contributed by atoms with E-state index in [0.29, 0.717) is 5.56 Å². The first-order valence-corrected chi connectivity index (χ1v) is 9.04. The first-order chi connectivity index (χ1) is 12.6. The summed E-state index contributed by atoms with van der Waals surface area (Å²) >= 11 is 0. The van der Waals surface area contributed by atoms with Gasteiger partial charge >= 0.3 is 5.97 Å². The molecule has 1 aliphatic carbocycles. The second-order valence-corrected chi connectivity index (χ2v) is 8.31. The summed E-state index contributed by atoms with van der Waals surface area (Å²) in [5.74, 6) is -1.31. The third-order valence-electron chi connectivity index (χ3n) is 5.29. The van der Waals surface area contributed by atoms with E-state index in [9.17, 15) is 14.7 Å². The Bertz CT molecular complexity index is 942. The molecule has 5 heteroatoms. The highest BCUT2D eigenvalue weighted by atomic mass is 16.4. The lowest BCUT2D eigenvalue weighted by Gasteiger charge is -2.39. The number of ketones is 1. The number of carboxylic acid groups (broad SMARTS) is 1. The molecule has 0 unspecified atom stereocenters. The lowest BCUT2D eigenvalue weighted by atomic mass is 9.67. The van der Waals surface area contributed by atoms with Gasteiger partial charge in [-0.1, -0.05) is 52.0 Å². The van der Waals surface area contributed by atoms with Crippen molar-refractivity contribution in [3.05, 3.63) is 64.7 Å². The number of nitrogens with zero attached hydrogens (tertiary/aromatic N) is 2. The molecule has 0 saturated carbocycles. The highest BCUT2D eigenvalue weighted by molar-refractivity contribution is 6.06. The molecule has 5 nitrogen and oxygen atoms in total. The average Bonchev–Trinajstić information content (AvgIpc) is 2.63. The highest BCUT2D eigenvalue weighted by Gasteiger charge is 2.39. The van der Waals surface area contributed by atoms with Crippen molar-refractivity contribution in [2.75, 3.05) is 0 Å². The number of allylic oxidation sites excluding steroid dienone is 1. The topological polar surface area (TPSA) is 80.2 Å². The van der Waals surface area contributed by atoms with E-state index in [2.05, 4.69) is 37.7 Å². The van der Waals surface area contributed by atoms with Crippen molar-refractivity contribution in [2.45, 2.75) is 51.4 Å². The summed E-state index contributed by atoms with van der Waals surface area (Å²) in [6.45, 7) is 8.56. The number of hydrogen-bond acceptors (Lipinski definition) is 4. The molecular formula is C22H24N2O3. The molecule has 0 amide bonds. The number of fused-ring (bicyclic) bond motifs is 1. The fraction of sp³-hybridized carbons (Fsp3) is 0.364. The Morgan fingerprint density at radius 1 is 1.04 bits per heavy atom. The molecule has 1 aliphatic rings. The SMILES string of the molecule is CC1(C)CCC(C)(C)c2nc(C(=O)/C=C/c3ccccc3C(=O)O)cnc21. The standard InChI is InChI=1S/C22H24N2O3/c1-21(2)11-12-22(3,4)19-18(21)23-13-16(24-19)17(25)10-9-14-7-5-6-8-15(14)20(26)27/h5-10,13H,11-12H2,1-4H3,(H,26,27)/b10-9+. The van der Waals surface area contributed by atoms with E-state index in [1.54, 1.807) is 18.2 Å². The van der Waals surface area contributed by atoms with Crippen molar-refractivity contribution >= 4 is 17.8 Å². The van der Waals surface area contributed by atoms with Crippen LogP contribution in [0.25, 0.3) is 6.08 Å². The van der Waals surface area contributed by atoms with Crippen LogP contribution in [0.5, 0.6) is 0 Å². The number of carboxylic acids is 1. The Kier molecular flexibility index (Phi) is 4.72. The van der Waals surface area contributed by atoms with Crippen LogP contribution >= 0.6 is 0 Å². The Morgan fingerprint density at radius 3 is 2.33 bits per heavy atom. The number of aromatic nitrogens is 2. The van der Waals surface area contributed by atoms with Crippen LogP contribution in [0, 0.1) is 0 Å². The summed E-state index contributed by atoms with van der Waals surface area (Å²) < 4.78 is 0. The number of carbonyl (C=O) groups excluding carboxylic acids is 1. The van der Waals surface area contributed by atoms with E-state index in [1.165, 1.54) is 24.4 Å². The van der Waals surface area contributed by atoms with E-state index in [-0.39, 0.29) is 27.9 Å². The van der Waals surface area contributed by atoms with Gasteiger partial charge in [-0.15, -0.1) is 0 Å². The number of hydrogen-bond donors (Lipinski definition) is 1. The molecule has 1 aromatic carbocycles. The molecule has 0 radical (unpaired) electrons. The van der Waals surface area contributed by atoms with E-state index >= 15 is 0 Å². The Labute approximate surface area is 159 Å². The van der Waals surface area contributed by atoms with Crippen LogP contribution in [-0.2, 0) is 10.8 Å². The summed E-state index contributed by atoms with van der Waals surface area (Å²) in [4.78, 5) is 33.1. The van der Waals surface area contributed by atoms with Gasteiger partial charge in [0.1, 0.15) is 5.69 Å². The maximum atomic E-state index is 12.6. The zero-order valence-corrected chi connectivity index (χ0v) is 16.1. The largest absolute Gasteiger partial charge is 0.478 e. The van der Waals surface area contributed by atoms with Gasteiger partial charge in [0.05, 0.1) is 23.1 Å². The molecule has 140 valence electrons. The summed E-state index contributed by atoms with van der Waals surface area (Å²) in [5, 5.41) is 9.25. The summed E-state index contributed by atoms with van der Waals surface area (Å²) in [6.07, 6.45) is 6.42. The molecule has 0 spiro atoms. The summed E-state index contributed by atoms with van der Waals surface area (Å²) in [5.41, 5.74) is 2.55. The second kappa shape index (κ2) is 6.72. The van der Waals surface area contributed by atoms with Crippen LogP contribution < -0.4 is 0 Å². The van der Waals surface area contributed by atoms with Gasteiger partial charge in [0.25, 0.3) is 0 Å². The fourth-order valence-corrected chi connectivity index (χ4v) is 3.42. The van der Waals surface area contributed by atoms with Gasteiger partial charge in [-0.3, -0.25) is 9.78 Å². The molecule has 1 aromatic heterocycles. The smallest absolute Gasteiger partial charge is 0.336 e. The average molecular weight is 364 g/mol. The number of benzene rings is 1. The predicted octanol–water partition coefficient (Wildman–Crippen LogP) is 4.42. The summed E-state index contributed by atoms with van der Waals surface area (Å²) in [7, 11) is 0. The van der Waals surface area contributed by atoms with Crippen molar-refractivity contribution < 1.29 is 14.7 Å². The van der Waals surface area contributed by atoms with Gasteiger partial charge in [0.15, 0.2) is 0 Å². The quantitative estimate of drug-likeness (QED) is 0.642. The fourth-order valence-electron chi connectivity index (χ4n) is 3.42. The van der Waals surface area contributed by atoms with Crippen LogP contribution in [0.15, 0.2) is 36.5 Å². The Balaban J connectivity index is 1.94. The molecule has 0 fully saturated rings. The van der Waals surface area contributed by atoms with Gasteiger partial charge in [-0.25, -0.2) is 9.78 Å². The van der Waals surface area contributed by atoms with Gasteiger partial charge in [0, 0.05) is 10.8 Å². The zero-order valence-electron chi connectivity index (χ0n) is 16.1. The van der Waals surface area contributed by atoms with E-state index < -0.39 is 5.97 Å². The van der Waals surface area contributed by atoms with Crippen LogP contribution in [-0.4, -0.2) is 26.8 Å². The number of rotatable bonds is 4. The van der Waals surface area contributed by atoms with Crippen LogP contribution in [0.1, 0.15) is 78.3 Å². The third-order valence-corrected chi connectivity index (χ3v) is 5.29. The van der Waals surface area contributed by atoms with Crippen LogP contribution in [0.4, 0.5) is 0 Å². The van der Waals surface area contributed by atoms with Crippen LogP contribution in [0.2, 0.25) is 0 Å². The van der Waals surface area contributed by atoms with Crippen LogP contribution in [0.3, 0.4) is 0 Å². The molecule has 27 heavy (non-hydrogen) atoms. The van der Waals surface area contributed by atoms with Gasteiger partial charge in [-0.05, 0) is 30.5 Å². The van der Waals surface area contributed by atoms with Crippen molar-refractivity contribution in [1.82, 2.24) is 9.97 Å². The normalized spacial score (nSPS) is 17.5. The van der Waals surface area contributed by atoms with Gasteiger partial charge in [0.2, 0.25) is 5.78 Å². The minimum absolute atomic E-state index is 0.0598. The molecule has 2 aromatic rings. The van der Waals surface area contributed by atoms with Crippen molar-refractivity contribution in [3.63, 3.8) is 0 Å². The highest BCUT2D eigenvalue weighted by Crippen LogP contribution is 2.43. The van der Waals surface area contributed by atoms with E-state index in [0.717, 1.165) is 24.2 Å². The lowest BCUT2D eigenvalue weighted by Crippen LogP contribution is -2.36. The minimum atomic E-state index is -1.03. The molecule has 0 atom stereocenters. The molecule has 1 N–H and O–H groups in total. The third kappa shape index (κ3) is 3.68. The predicted molar refractivity (Wildman–Crippen MR) is 104 cm³/mol. The van der Waals surface area contributed by atoms with Gasteiger partial charge in [-0.2, -0.15) is 0 Å². The zero-order chi connectivity index (χ0) is 19.8. The molecule has 0 bridgehead atoms. The lowest BCUT2D eigenvalue weighted by molar-refractivity contribution is 0.0696. The molecular weight excluding hydrogens is 340 g/mol. The minimum Gasteiger partial charge on any atom is -0.478 e. The molecule has 1 heterocycles.